The van der Waals surface area contributed by atoms with Gasteiger partial charge in [0, 0.05) is 12.1 Å². The quantitative estimate of drug-likeness (QED) is 0.701. The number of anilines is 1. The molecule has 0 aliphatic heterocycles. The molecule has 0 unspecified atom stereocenters. The van der Waals surface area contributed by atoms with Gasteiger partial charge >= 0.3 is 0 Å². The van der Waals surface area contributed by atoms with Gasteiger partial charge in [-0.05, 0) is 29.8 Å². The number of benzene rings is 1. The van der Waals surface area contributed by atoms with Gasteiger partial charge in [0.1, 0.15) is 5.75 Å². The zero-order chi connectivity index (χ0) is 16.8. The van der Waals surface area contributed by atoms with Gasteiger partial charge in [-0.25, -0.2) is 4.98 Å². The summed E-state index contributed by atoms with van der Waals surface area (Å²) in [4.78, 5) is 38.0. The summed E-state index contributed by atoms with van der Waals surface area (Å²) in [7, 11) is 0. The van der Waals surface area contributed by atoms with Crippen molar-refractivity contribution in [2.45, 2.75) is 13.3 Å². The van der Waals surface area contributed by atoms with Gasteiger partial charge in [0.15, 0.2) is 10.1 Å². The van der Waals surface area contributed by atoms with Gasteiger partial charge in [0.05, 0.1) is 11.8 Å². The highest BCUT2D eigenvalue weighted by molar-refractivity contribution is 7.19. The van der Waals surface area contributed by atoms with E-state index in [9.17, 15) is 19.6 Å². The molecule has 120 valence electrons. The number of phenolic OH excluding ortho intramolecular Hbond substituents is 1. The number of rotatable bonds is 6. The fraction of sp³-hybridized carbons (Fsp3) is 0.214. The summed E-state index contributed by atoms with van der Waals surface area (Å²) in [6.45, 7) is 2.45. The van der Waals surface area contributed by atoms with Crippen LogP contribution in [-0.4, -0.2) is 28.4 Å². The zero-order valence-corrected chi connectivity index (χ0v) is 13.0. The van der Waals surface area contributed by atoms with Crippen molar-refractivity contribution in [2.75, 3.05) is 11.9 Å². The summed E-state index contributed by atoms with van der Waals surface area (Å²) >= 11 is 0.911. The maximum absolute atomic E-state index is 12.1. The Hall–Kier alpha value is -2.81. The first-order chi connectivity index (χ1) is 11.0. The Labute approximate surface area is 135 Å². The predicted octanol–water partition coefficient (Wildman–Crippen LogP) is 2.64. The molecule has 2 rings (SSSR count). The fourth-order valence-corrected chi connectivity index (χ4v) is 2.33. The summed E-state index contributed by atoms with van der Waals surface area (Å²) in [6.07, 6.45) is 2.03. The summed E-state index contributed by atoms with van der Waals surface area (Å²) in [5, 5.41) is 18.1. The number of nitrogens with one attached hydrogen (secondary N) is 2. The van der Waals surface area contributed by atoms with E-state index in [1.54, 1.807) is 0 Å². The summed E-state index contributed by atoms with van der Waals surface area (Å²) in [5.41, 5.74) is 0.252. The number of hydrogen-bond acceptors (Lipinski definition) is 7. The van der Waals surface area contributed by atoms with E-state index >= 15 is 0 Å². The minimum absolute atomic E-state index is 0.00662. The maximum atomic E-state index is 12.1. The van der Waals surface area contributed by atoms with Crippen LogP contribution in [0.5, 0.6) is 5.75 Å². The summed E-state index contributed by atoms with van der Waals surface area (Å²) in [6, 6.07) is 4.01. The SMILES string of the molecule is CCCNC(=O)c1ccc(C(=O)Nc2ncc(N=O)s2)c(O)c1. The van der Waals surface area contributed by atoms with E-state index in [2.05, 4.69) is 20.8 Å². The van der Waals surface area contributed by atoms with E-state index in [4.69, 9.17) is 0 Å². The molecule has 9 heteroatoms. The Balaban J connectivity index is 2.11. The molecule has 0 radical (unpaired) electrons. The first-order valence-electron chi connectivity index (χ1n) is 6.77. The van der Waals surface area contributed by atoms with Crippen molar-refractivity contribution < 1.29 is 14.7 Å². The molecule has 2 aromatic rings. The first kappa shape index (κ1) is 16.6. The van der Waals surface area contributed by atoms with Crippen molar-refractivity contribution in [1.29, 1.82) is 0 Å². The van der Waals surface area contributed by atoms with Crippen LogP contribution in [0.2, 0.25) is 0 Å². The smallest absolute Gasteiger partial charge is 0.261 e. The van der Waals surface area contributed by atoms with Crippen molar-refractivity contribution in [3.05, 3.63) is 40.4 Å². The van der Waals surface area contributed by atoms with Crippen LogP contribution in [0.25, 0.3) is 0 Å². The van der Waals surface area contributed by atoms with Crippen LogP contribution < -0.4 is 10.6 Å². The molecule has 1 aromatic carbocycles. The van der Waals surface area contributed by atoms with Crippen molar-refractivity contribution in [1.82, 2.24) is 10.3 Å². The molecule has 0 aliphatic carbocycles. The van der Waals surface area contributed by atoms with E-state index in [1.165, 1.54) is 24.4 Å². The number of nitrogens with zero attached hydrogens (tertiary/aromatic N) is 2. The minimum atomic E-state index is -0.602. The lowest BCUT2D eigenvalue weighted by atomic mass is 10.1. The average Bonchev–Trinajstić information content (AvgIpc) is 2.99. The Morgan fingerprint density at radius 2 is 2.13 bits per heavy atom. The van der Waals surface area contributed by atoms with Crippen LogP contribution in [0.4, 0.5) is 10.1 Å². The van der Waals surface area contributed by atoms with E-state index in [0.29, 0.717) is 6.54 Å². The topological polar surface area (TPSA) is 121 Å². The van der Waals surface area contributed by atoms with E-state index in [-0.39, 0.29) is 32.9 Å². The molecule has 2 amide bonds. The van der Waals surface area contributed by atoms with Gasteiger partial charge in [0.2, 0.25) is 0 Å². The van der Waals surface area contributed by atoms with Crippen molar-refractivity contribution in [3.8, 4) is 5.75 Å². The summed E-state index contributed by atoms with van der Waals surface area (Å²) in [5.74, 6) is -1.25. The third-order valence-electron chi connectivity index (χ3n) is 2.84. The third kappa shape index (κ3) is 4.10. The third-order valence-corrected chi connectivity index (χ3v) is 3.63. The lowest BCUT2D eigenvalue weighted by Gasteiger charge is -2.07. The second-order valence-electron chi connectivity index (χ2n) is 4.54. The predicted molar refractivity (Wildman–Crippen MR) is 86.3 cm³/mol. The molecule has 1 aromatic heterocycles. The molecule has 0 saturated heterocycles. The average molecular weight is 334 g/mol. The molecule has 0 spiro atoms. The molecular formula is C14H14N4O4S. The number of aromatic nitrogens is 1. The molecule has 23 heavy (non-hydrogen) atoms. The molecule has 0 saturated carbocycles. The number of hydrogen-bond donors (Lipinski definition) is 3. The van der Waals surface area contributed by atoms with Crippen LogP contribution in [0, 0.1) is 4.91 Å². The standard InChI is InChI=1S/C14H14N4O4S/c1-2-5-15-12(20)8-3-4-9(10(19)6-8)13(21)17-14-16-7-11(18-22)23-14/h3-4,6-7,19H,2,5H2,1H3,(H,15,20)(H,16,17,21). The zero-order valence-electron chi connectivity index (χ0n) is 12.2. The Kier molecular flexibility index (Phi) is 5.36. The highest BCUT2D eigenvalue weighted by atomic mass is 32.1. The van der Waals surface area contributed by atoms with E-state index < -0.39 is 5.91 Å². The number of carbonyl (C=O) groups excluding carboxylic acids is 2. The van der Waals surface area contributed by atoms with Gasteiger partial charge in [-0.15, -0.1) is 4.91 Å². The molecule has 0 atom stereocenters. The van der Waals surface area contributed by atoms with E-state index in [0.717, 1.165) is 17.8 Å². The Bertz CT molecular complexity index is 744. The van der Waals surface area contributed by atoms with Gasteiger partial charge in [0.25, 0.3) is 11.8 Å². The summed E-state index contributed by atoms with van der Waals surface area (Å²) < 4.78 is 0. The molecule has 8 nitrogen and oxygen atoms in total. The number of amides is 2. The normalized spacial score (nSPS) is 10.1. The van der Waals surface area contributed by atoms with Crippen LogP contribution in [-0.2, 0) is 0 Å². The monoisotopic (exact) mass is 334 g/mol. The van der Waals surface area contributed by atoms with Crippen LogP contribution >= 0.6 is 11.3 Å². The number of thiazole rings is 1. The minimum Gasteiger partial charge on any atom is -0.507 e. The lowest BCUT2D eigenvalue weighted by Crippen LogP contribution is -2.24. The fourth-order valence-electron chi connectivity index (χ4n) is 1.74. The van der Waals surface area contributed by atoms with Crippen LogP contribution in [0.3, 0.4) is 0 Å². The molecule has 0 bridgehead atoms. The Morgan fingerprint density at radius 1 is 1.35 bits per heavy atom. The van der Waals surface area contributed by atoms with Crippen LogP contribution in [0.15, 0.2) is 29.6 Å². The van der Waals surface area contributed by atoms with Crippen molar-refractivity contribution >= 4 is 33.3 Å². The molecule has 0 aliphatic rings. The van der Waals surface area contributed by atoms with E-state index in [1.807, 2.05) is 6.92 Å². The highest BCUT2D eigenvalue weighted by Crippen LogP contribution is 2.27. The Morgan fingerprint density at radius 3 is 2.74 bits per heavy atom. The van der Waals surface area contributed by atoms with Gasteiger partial charge in [-0.1, -0.05) is 18.3 Å². The number of phenols is 1. The van der Waals surface area contributed by atoms with Crippen molar-refractivity contribution in [3.63, 3.8) is 0 Å². The molecule has 1 heterocycles. The second-order valence-corrected chi connectivity index (χ2v) is 5.55. The number of carbonyl (C=O) groups is 2. The molecule has 0 fully saturated rings. The van der Waals surface area contributed by atoms with Gasteiger partial charge < -0.3 is 10.4 Å². The first-order valence-corrected chi connectivity index (χ1v) is 7.58. The van der Waals surface area contributed by atoms with Crippen LogP contribution in [0.1, 0.15) is 34.1 Å². The largest absolute Gasteiger partial charge is 0.507 e. The van der Waals surface area contributed by atoms with Crippen molar-refractivity contribution in [2.24, 2.45) is 5.18 Å². The maximum Gasteiger partial charge on any atom is 0.261 e. The number of aromatic hydroxyl groups is 1. The molecular weight excluding hydrogens is 320 g/mol. The number of nitroso groups, excluding NO2 is 1. The molecule has 3 N–H and O–H groups in total. The second kappa shape index (κ2) is 7.45. The lowest BCUT2D eigenvalue weighted by molar-refractivity contribution is 0.0951. The highest BCUT2D eigenvalue weighted by Gasteiger charge is 2.15. The van der Waals surface area contributed by atoms with Gasteiger partial charge in [-0.3, -0.25) is 14.9 Å². The van der Waals surface area contributed by atoms with Gasteiger partial charge in [-0.2, -0.15) is 0 Å².